The lowest BCUT2D eigenvalue weighted by Gasteiger charge is -2.37. The van der Waals surface area contributed by atoms with Gasteiger partial charge in [-0.2, -0.15) is 0 Å². The van der Waals surface area contributed by atoms with Crippen LogP contribution in [-0.4, -0.2) is 60.4 Å². The van der Waals surface area contributed by atoms with Crippen molar-refractivity contribution in [1.82, 2.24) is 15.1 Å². The quantitative estimate of drug-likeness (QED) is 0.905. The molecule has 2 fully saturated rings. The predicted molar refractivity (Wildman–Crippen MR) is 88.7 cm³/mol. The summed E-state index contributed by atoms with van der Waals surface area (Å²) in [6.45, 7) is 2.40. The van der Waals surface area contributed by atoms with Gasteiger partial charge in [0.1, 0.15) is 6.04 Å². The van der Waals surface area contributed by atoms with Crippen molar-refractivity contribution in [1.29, 1.82) is 0 Å². The van der Waals surface area contributed by atoms with Crippen LogP contribution < -0.4 is 5.32 Å². The van der Waals surface area contributed by atoms with Crippen LogP contribution in [0.25, 0.3) is 0 Å². The fraction of sp³-hybridized carbons (Fsp3) is 0.625. The molecule has 1 aromatic rings. The molecule has 0 saturated carbocycles. The zero-order valence-corrected chi connectivity index (χ0v) is 14.2. The number of nitrogens with zero attached hydrogens (tertiary/aromatic N) is 2. The number of carbonyl (C=O) groups excluding carboxylic acids is 2. The lowest BCUT2D eigenvalue weighted by molar-refractivity contribution is -0.137. The molecule has 2 aliphatic rings. The fourth-order valence-electron chi connectivity index (χ4n) is 3.36. The average Bonchev–Trinajstić information content (AvgIpc) is 3.25. The highest BCUT2D eigenvalue weighted by Gasteiger charge is 2.37. The summed E-state index contributed by atoms with van der Waals surface area (Å²) in [5.41, 5.74) is 0. The third-order valence-corrected chi connectivity index (χ3v) is 4.71. The molecule has 2 atom stereocenters. The molecule has 3 heterocycles. The van der Waals surface area contributed by atoms with E-state index in [0.29, 0.717) is 12.3 Å². The molecule has 0 aliphatic carbocycles. The standard InChI is InChI=1S/C16H23N3O3.ClH/c1-18(12-7-8-17-11-12)15(20)13-5-2-3-9-19(13)16(21)14-6-4-10-22-14;/h4,6,10,12-13,17H,2-3,5,7-9,11H2,1H3;1H. The van der Waals surface area contributed by atoms with E-state index in [1.807, 2.05) is 11.9 Å². The van der Waals surface area contributed by atoms with E-state index in [-0.39, 0.29) is 36.3 Å². The van der Waals surface area contributed by atoms with Gasteiger partial charge in [-0.25, -0.2) is 0 Å². The highest BCUT2D eigenvalue weighted by molar-refractivity contribution is 5.95. The van der Waals surface area contributed by atoms with Crippen LogP contribution in [0.3, 0.4) is 0 Å². The summed E-state index contributed by atoms with van der Waals surface area (Å²) in [6.07, 6.45) is 5.11. The molecule has 1 aromatic heterocycles. The van der Waals surface area contributed by atoms with Gasteiger partial charge in [-0.15, -0.1) is 12.4 Å². The van der Waals surface area contributed by atoms with E-state index in [1.165, 1.54) is 6.26 Å². The van der Waals surface area contributed by atoms with Gasteiger partial charge >= 0.3 is 0 Å². The molecule has 1 N–H and O–H groups in total. The molecule has 6 nitrogen and oxygen atoms in total. The van der Waals surface area contributed by atoms with Gasteiger partial charge in [-0.1, -0.05) is 0 Å². The van der Waals surface area contributed by atoms with Crippen molar-refractivity contribution in [3.05, 3.63) is 24.2 Å². The summed E-state index contributed by atoms with van der Waals surface area (Å²) < 4.78 is 5.21. The Balaban J connectivity index is 0.00000192. The Kier molecular flexibility index (Phi) is 6.07. The second kappa shape index (κ2) is 7.84. The van der Waals surface area contributed by atoms with Crippen LogP contribution in [0.1, 0.15) is 36.2 Å². The molecule has 23 heavy (non-hydrogen) atoms. The number of furan rings is 1. The van der Waals surface area contributed by atoms with Gasteiger partial charge in [0.2, 0.25) is 5.91 Å². The second-order valence-corrected chi connectivity index (χ2v) is 6.08. The molecule has 2 unspecified atom stereocenters. The molecule has 3 rings (SSSR count). The first-order chi connectivity index (χ1) is 10.7. The number of nitrogens with one attached hydrogen (secondary N) is 1. The predicted octanol–water partition coefficient (Wildman–Crippen LogP) is 1.52. The van der Waals surface area contributed by atoms with Crippen LogP contribution in [-0.2, 0) is 4.79 Å². The Morgan fingerprint density at radius 3 is 2.83 bits per heavy atom. The molecule has 2 aliphatic heterocycles. The van der Waals surface area contributed by atoms with Crippen LogP contribution in [0.5, 0.6) is 0 Å². The zero-order valence-electron chi connectivity index (χ0n) is 13.4. The smallest absolute Gasteiger partial charge is 0.290 e. The first-order valence-corrected chi connectivity index (χ1v) is 8.00. The van der Waals surface area contributed by atoms with Crippen molar-refractivity contribution in [3.63, 3.8) is 0 Å². The summed E-state index contributed by atoms with van der Waals surface area (Å²) in [5.74, 6) is 0.180. The van der Waals surface area contributed by atoms with Crippen LogP contribution in [0, 0.1) is 0 Å². The molecule has 0 radical (unpaired) electrons. The summed E-state index contributed by atoms with van der Waals surface area (Å²) in [5, 5.41) is 3.28. The number of amides is 2. The molecule has 7 heteroatoms. The summed E-state index contributed by atoms with van der Waals surface area (Å²) in [7, 11) is 1.85. The summed E-state index contributed by atoms with van der Waals surface area (Å²) in [4.78, 5) is 28.9. The van der Waals surface area contributed by atoms with E-state index in [9.17, 15) is 9.59 Å². The number of carbonyl (C=O) groups is 2. The molecule has 2 amide bonds. The molecule has 2 saturated heterocycles. The molecule has 0 aromatic carbocycles. The minimum atomic E-state index is -0.364. The van der Waals surface area contributed by atoms with Crippen LogP contribution in [0.4, 0.5) is 0 Å². The number of halogens is 1. The number of likely N-dealkylation sites (tertiary alicyclic amines) is 1. The number of piperidine rings is 1. The number of hydrogen-bond acceptors (Lipinski definition) is 4. The van der Waals surface area contributed by atoms with Gasteiger partial charge in [0, 0.05) is 26.2 Å². The first kappa shape index (κ1) is 17.8. The second-order valence-electron chi connectivity index (χ2n) is 6.08. The molecular formula is C16H24ClN3O3. The molecule has 0 bridgehead atoms. The Labute approximate surface area is 142 Å². The van der Waals surface area contributed by atoms with Crippen molar-refractivity contribution in [2.45, 2.75) is 37.8 Å². The number of rotatable bonds is 3. The van der Waals surface area contributed by atoms with Gasteiger partial charge in [-0.05, 0) is 44.4 Å². The van der Waals surface area contributed by atoms with E-state index in [4.69, 9.17) is 4.42 Å². The van der Waals surface area contributed by atoms with Gasteiger partial charge in [0.25, 0.3) is 5.91 Å². The highest BCUT2D eigenvalue weighted by atomic mass is 35.5. The fourth-order valence-corrected chi connectivity index (χ4v) is 3.36. The SMILES string of the molecule is CN(C(=O)C1CCCCN1C(=O)c1ccco1)C1CCNC1.Cl. The highest BCUT2D eigenvalue weighted by Crippen LogP contribution is 2.22. The third-order valence-electron chi connectivity index (χ3n) is 4.71. The van der Waals surface area contributed by atoms with Crippen LogP contribution >= 0.6 is 12.4 Å². The van der Waals surface area contributed by atoms with Crippen molar-refractivity contribution < 1.29 is 14.0 Å². The van der Waals surface area contributed by atoms with Gasteiger partial charge in [0.15, 0.2) is 5.76 Å². The largest absolute Gasteiger partial charge is 0.459 e. The Morgan fingerprint density at radius 1 is 1.35 bits per heavy atom. The topological polar surface area (TPSA) is 65.8 Å². The van der Waals surface area contributed by atoms with Crippen molar-refractivity contribution in [3.8, 4) is 0 Å². The van der Waals surface area contributed by atoms with Crippen LogP contribution in [0.2, 0.25) is 0 Å². The summed E-state index contributed by atoms with van der Waals surface area (Å²) in [6, 6.07) is 3.22. The zero-order chi connectivity index (χ0) is 15.5. The Hall–Kier alpha value is -1.53. The van der Waals surface area contributed by atoms with Crippen LogP contribution in [0.15, 0.2) is 22.8 Å². The van der Waals surface area contributed by atoms with Crippen molar-refractivity contribution in [2.24, 2.45) is 0 Å². The van der Waals surface area contributed by atoms with E-state index in [1.54, 1.807) is 17.0 Å². The lowest BCUT2D eigenvalue weighted by atomic mass is 9.99. The van der Waals surface area contributed by atoms with Crippen molar-refractivity contribution >= 4 is 24.2 Å². The average molecular weight is 342 g/mol. The minimum absolute atomic E-state index is 0. The van der Waals surface area contributed by atoms with E-state index < -0.39 is 0 Å². The Morgan fingerprint density at radius 2 is 2.17 bits per heavy atom. The Bertz CT molecular complexity index is 529. The van der Waals surface area contributed by atoms with Crippen molar-refractivity contribution in [2.75, 3.05) is 26.7 Å². The summed E-state index contributed by atoms with van der Waals surface area (Å²) >= 11 is 0. The number of hydrogen-bond donors (Lipinski definition) is 1. The normalized spacial score (nSPS) is 24.1. The lowest BCUT2D eigenvalue weighted by Crippen LogP contribution is -2.54. The molecule has 0 spiro atoms. The first-order valence-electron chi connectivity index (χ1n) is 8.00. The maximum atomic E-state index is 12.8. The maximum absolute atomic E-state index is 12.8. The number of likely N-dealkylation sites (N-methyl/N-ethyl adjacent to an activating group) is 1. The monoisotopic (exact) mass is 341 g/mol. The van der Waals surface area contributed by atoms with E-state index >= 15 is 0 Å². The molecular weight excluding hydrogens is 318 g/mol. The van der Waals surface area contributed by atoms with Gasteiger partial charge < -0.3 is 19.5 Å². The van der Waals surface area contributed by atoms with E-state index in [0.717, 1.165) is 38.8 Å². The van der Waals surface area contributed by atoms with Gasteiger partial charge in [-0.3, -0.25) is 9.59 Å². The minimum Gasteiger partial charge on any atom is -0.459 e. The molecule has 128 valence electrons. The maximum Gasteiger partial charge on any atom is 0.290 e. The van der Waals surface area contributed by atoms with E-state index in [2.05, 4.69) is 5.32 Å². The third kappa shape index (κ3) is 3.70. The van der Waals surface area contributed by atoms with Gasteiger partial charge in [0.05, 0.1) is 6.26 Å².